The predicted molar refractivity (Wildman–Crippen MR) is 84.0 cm³/mol. The Morgan fingerprint density at radius 3 is 2.68 bits per heavy atom. The molecule has 0 N–H and O–H groups in total. The molecule has 0 saturated carbocycles. The number of methoxy groups -OCH3 is 1. The molecule has 2 nitrogen and oxygen atoms in total. The molecule has 19 heavy (non-hydrogen) atoms. The van der Waals surface area contributed by atoms with E-state index in [0.717, 1.165) is 43.6 Å². The Labute approximate surface area is 129 Å². The molecule has 1 aromatic carbocycles. The summed E-state index contributed by atoms with van der Waals surface area (Å²) in [5.41, 5.74) is 1.31. The fourth-order valence-corrected chi connectivity index (χ4v) is 2.58. The normalized spacial score (nSPS) is 12.6. The third kappa shape index (κ3) is 7.31. The van der Waals surface area contributed by atoms with Crippen LogP contribution in [0.4, 0.5) is 0 Å². The second-order valence-electron chi connectivity index (χ2n) is 4.56. The van der Waals surface area contributed by atoms with Crippen molar-refractivity contribution >= 4 is 27.5 Å². The van der Waals surface area contributed by atoms with Gasteiger partial charge in [-0.15, -0.1) is 11.6 Å². The molecular formula is C15H22BrClO2. The van der Waals surface area contributed by atoms with E-state index in [2.05, 4.69) is 34.1 Å². The van der Waals surface area contributed by atoms with Crippen LogP contribution in [0.5, 0.6) is 0 Å². The zero-order valence-corrected chi connectivity index (χ0v) is 13.8. The van der Waals surface area contributed by atoms with Crippen LogP contribution < -0.4 is 0 Å². The van der Waals surface area contributed by atoms with E-state index < -0.39 is 0 Å². The molecule has 0 fully saturated rings. The Bertz CT molecular complexity index is 347. The molecular weight excluding hydrogens is 328 g/mol. The first-order valence-corrected chi connectivity index (χ1v) is 7.96. The van der Waals surface area contributed by atoms with Crippen molar-refractivity contribution in [1.82, 2.24) is 0 Å². The van der Waals surface area contributed by atoms with Crippen LogP contribution in [0.3, 0.4) is 0 Å². The van der Waals surface area contributed by atoms with E-state index in [1.54, 1.807) is 7.11 Å². The van der Waals surface area contributed by atoms with Crippen LogP contribution in [0.2, 0.25) is 0 Å². The van der Waals surface area contributed by atoms with Gasteiger partial charge in [0.25, 0.3) is 0 Å². The Morgan fingerprint density at radius 1 is 1.21 bits per heavy atom. The van der Waals surface area contributed by atoms with Crippen LogP contribution in [0.15, 0.2) is 28.7 Å². The molecule has 0 aliphatic heterocycles. The summed E-state index contributed by atoms with van der Waals surface area (Å²) < 4.78 is 11.7. The van der Waals surface area contributed by atoms with Gasteiger partial charge in [-0.25, -0.2) is 0 Å². The minimum absolute atomic E-state index is 0.461. The molecule has 0 aliphatic rings. The Kier molecular flexibility index (Phi) is 9.52. The van der Waals surface area contributed by atoms with Gasteiger partial charge in [-0.2, -0.15) is 0 Å². The minimum atomic E-state index is 0.461. The number of hydrogen-bond acceptors (Lipinski definition) is 2. The summed E-state index contributed by atoms with van der Waals surface area (Å²) in [6.07, 6.45) is 2.94. The fraction of sp³-hybridized carbons (Fsp3) is 0.600. The van der Waals surface area contributed by atoms with Crippen molar-refractivity contribution in [1.29, 1.82) is 0 Å². The minimum Gasteiger partial charge on any atom is -0.385 e. The van der Waals surface area contributed by atoms with E-state index in [1.165, 1.54) is 5.56 Å². The SMILES string of the molecule is COCCCOCCC(CCl)Cc1ccccc1Br. The first kappa shape index (κ1) is 17.0. The Morgan fingerprint density at radius 2 is 2.00 bits per heavy atom. The molecule has 1 unspecified atom stereocenters. The number of alkyl halides is 1. The summed E-state index contributed by atoms with van der Waals surface area (Å²) in [7, 11) is 1.71. The molecule has 1 rings (SSSR count). The van der Waals surface area contributed by atoms with Crippen LogP contribution in [0.25, 0.3) is 0 Å². The molecule has 1 atom stereocenters. The van der Waals surface area contributed by atoms with E-state index in [1.807, 2.05) is 6.07 Å². The van der Waals surface area contributed by atoms with Crippen molar-refractivity contribution in [3.63, 3.8) is 0 Å². The van der Waals surface area contributed by atoms with Crippen LogP contribution in [-0.4, -0.2) is 32.8 Å². The maximum absolute atomic E-state index is 6.04. The number of rotatable bonds is 10. The number of halogens is 2. The summed E-state index contributed by atoms with van der Waals surface area (Å²) in [4.78, 5) is 0. The van der Waals surface area contributed by atoms with Crippen LogP contribution >= 0.6 is 27.5 Å². The van der Waals surface area contributed by atoms with Crippen molar-refractivity contribution in [2.24, 2.45) is 5.92 Å². The van der Waals surface area contributed by atoms with Gasteiger partial charge in [0, 0.05) is 37.3 Å². The van der Waals surface area contributed by atoms with E-state index in [4.69, 9.17) is 21.1 Å². The lowest BCUT2D eigenvalue weighted by molar-refractivity contribution is 0.0951. The highest BCUT2D eigenvalue weighted by atomic mass is 79.9. The van der Waals surface area contributed by atoms with Crippen molar-refractivity contribution in [3.05, 3.63) is 34.3 Å². The lowest BCUT2D eigenvalue weighted by Gasteiger charge is -2.15. The zero-order chi connectivity index (χ0) is 13.9. The first-order chi connectivity index (χ1) is 9.27. The maximum Gasteiger partial charge on any atom is 0.0487 e. The van der Waals surface area contributed by atoms with Crippen LogP contribution in [-0.2, 0) is 15.9 Å². The van der Waals surface area contributed by atoms with Gasteiger partial charge in [-0.3, -0.25) is 0 Å². The predicted octanol–water partition coefficient (Wildman–Crippen LogP) is 4.29. The first-order valence-electron chi connectivity index (χ1n) is 6.64. The summed E-state index contributed by atoms with van der Waals surface area (Å²) in [6, 6.07) is 8.31. The number of hydrogen-bond donors (Lipinski definition) is 0. The molecule has 0 aliphatic carbocycles. The quantitative estimate of drug-likeness (QED) is 0.463. The highest BCUT2D eigenvalue weighted by Gasteiger charge is 2.10. The monoisotopic (exact) mass is 348 g/mol. The third-order valence-electron chi connectivity index (χ3n) is 2.99. The molecule has 0 radical (unpaired) electrons. The molecule has 0 bridgehead atoms. The van der Waals surface area contributed by atoms with Gasteiger partial charge in [0.2, 0.25) is 0 Å². The standard InChI is InChI=1S/C15H22BrClO2/c1-18-8-4-9-19-10-7-13(12-17)11-14-5-2-3-6-15(14)16/h2-3,5-6,13H,4,7-12H2,1H3. The van der Waals surface area contributed by atoms with E-state index >= 15 is 0 Å². The fourth-order valence-electron chi connectivity index (χ4n) is 1.87. The molecule has 1 aromatic rings. The molecule has 0 spiro atoms. The van der Waals surface area contributed by atoms with E-state index in [0.29, 0.717) is 11.8 Å². The second-order valence-corrected chi connectivity index (χ2v) is 5.73. The topological polar surface area (TPSA) is 18.5 Å². The summed E-state index contributed by atoms with van der Waals surface area (Å²) in [6.45, 7) is 2.29. The molecule has 0 amide bonds. The van der Waals surface area contributed by atoms with Gasteiger partial charge < -0.3 is 9.47 Å². The molecule has 108 valence electrons. The smallest absolute Gasteiger partial charge is 0.0487 e. The summed E-state index contributed by atoms with van der Waals surface area (Å²) in [5, 5.41) is 0. The maximum atomic E-state index is 6.04. The van der Waals surface area contributed by atoms with Crippen molar-refractivity contribution in [2.45, 2.75) is 19.3 Å². The lowest BCUT2D eigenvalue weighted by Crippen LogP contribution is -2.11. The van der Waals surface area contributed by atoms with E-state index in [9.17, 15) is 0 Å². The third-order valence-corrected chi connectivity index (χ3v) is 4.20. The second kappa shape index (κ2) is 10.7. The summed E-state index contributed by atoms with van der Waals surface area (Å²) >= 11 is 9.62. The molecule has 4 heteroatoms. The lowest BCUT2D eigenvalue weighted by atomic mass is 9.98. The zero-order valence-electron chi connectivity index (χ0n) is 11.4. The highest BCUT2D eigenvalue weighted by molar-refractivity contribution is 9.10. The van der Waals surface area contributed by atoms with Crippen LogP contribution in [0, 0.1) is 5.92 Å². The van der Waals surface area contributed by atoms with Gasteiger partial charge in [-0.1, -0.05) is 34.1 Å². The van der Waals surface area contributed by atoms with Gasteiger partial charge in [0.1, 0.15) is 0 Å². The number of benzene rings is 1. The molecule has 0 aromatic heterocycles. The van der Waals surface area contributed by atoms with E-state index in [-0.39, 0.29) is 0 Å². The van der Waals surface area contributed by atoms with Gasteiger partial charge in [-0.05, 0) is 36.8 Å². The van der Waals surface area contributed by atoms with Crippen molar-refractivity contribution < 1.29 is 9.47 Å². The average molecular weight is 350 g/mol. The highest BCUT2D eigenvalue weighted by Crippen LogP contribution is 2.21. The van der Waals surface area contributed by atoms with Crippen molar-refractivity contribution in [3.8, 4) is 0 Å². The number of ether oxygens (including phenoxy) is 2. The van der Waals surface area contributed by atoms with Crippen molar-refractivity contribution in [2.75, 3.05) is 32.8 Å². The van der Waals surface area contributed by atoms with Gasteiger partial charge in [0.05, 0.1) is 0 Å². The molecule has 0 heterocycles. The summed E-state index contributed by atoms with van der Waals surface area (Å²) in [5.74, 6) is 1.13. The average Bonchev–Trinajstić information content (AvgIpc) is 2.43. The van der Waals surface area contributed by atoms with Gasteiger partial charge in [0.15, 0.2) is 0 Å². The Balaban J connectivity index is 2.24. The van der Waals surface area contributed by atoms with Crippen LogP contribution in [0.1, 0.15) is 18.4 Å². The van der Waals surface area contributed by atoms with Gasteiger partial charge >= 0.3 is 0 Å². The Hall–Kier alpha value is -0.0900. The molecule has 0 saturated heterocycles. The largest absolute Gasteiger partial charge is 0.385 e.